The molecule has 45 heavy (non-hydrogen) atoms. The predicted molar refractivity (Wildman–Crippen MR) is 167 cm³/mol. The Morgan fingerprint density at radius 2 is 1.87 bits per heavy atom. The van der Waals surface area contributed by atoms with Gasteiger partial charge in [-0.3, -0.25) is 14.4 Å². The van der Waals surface area contributed by atoms with Crippen molar-refractivity contribution in [2.75, 3.05) is 41.0 Å². The van der Waals surface area contributed by atoms with E-state index in [0.717, 1.165) is 18.4 Å². The van der Waals surface area contributed by atoms with E-state index >= 15 is 0 Å². The highest BCUT2D eigenvalue weighted by Crippen LogP contribution is 2.51. The zero-order valence-electron chi connectivity index (χ0n) is 26.0. The molecule has 2 aromatic rings. The number of hydrogen-bond donors (Lipinski definition) is 3. The van der Waals surface area contributed by atoms with Gasteiger partial charge in [0.2, 0.25) is 11.8 Å². The lowest BCUT2D eigenvalue weighted by Crippen LogP contribution is -2.56. The number of hydrogen-bond acceptors (Lipinski definition) is 9. The Bertz CT molecular complexity index is 1420. The van der Waals surface area contributed by atoms with Crippen molar-refractivity contribution in [3.05, 3.63) is 71.3 Å². The summed E-state index contributed by atoms with van der Waals surface area (Å²) in [5.41, 5.74) is 1.92. The summed E-state index contributed by atoms with van der Waals surface area (Å²) in [5, 5.41) is 24.0. The Morgan fingerprint density at radius 3 is 2.53 bits per heavy atom. The van der Waals surface area contributed by atoms with Gasteiger partial charge in [-0.15, -0.1) is 6.58 Å². The smallest absolute Gasteiger partial charge is 0.247 e. The normalized spacial score (nSPS) is 19.7. The van der Waals surface area contributed by atoms with Crippen LogP contribution in [0.15, 0.2) is 54.6 Å². The molecule has 4 rings (SSSR count). The van der Waals surface area contributed by atoms with Gasteiger partial charge >= 0.3 is 0 Å². The maximum Gasteiger partial charge on any atom is 0.247 e. The lowest BCUT2D eigenvalue weighted by molar-refractivity contribution is -0.137. The Kier molecular flexibility index (Phi) is 11.6. The number of methoxy groups -OCH3 is 3. The van der Waals surface area contributed by atoms with Crippen LogP contribution in [0.5, 0.6) is 23.0 Å². The number of amides is 2. The third kappa shape index (κ3) is 7.32. The molecule has 1 aliphatic carbocycles. The van der Waals surface area contributed by atoms with Crippen LogP contribution in [0.4, 0.5) is 0 Å². The average molecular weight is 623 g/mol. The first kappa shape index (κ1) is 33.5. The van der Waals surface area contributed by atoms with Gasteiger partial charge in [0.25, 0.3) is 0 Å². The number of unbranched alkanes of at least 4 members (excludes halogenated alkanes) is 2. The summed E-state index contributed by atoms with van der Waals surface area (Å²) < 4.78 is 22.7. The minimum absolute atomic E-state index is 0.00771. The molecule has 2 aromatic carbocycles. The van der Waals surface area contributed by atoms with Gasteiger partial charge in [0, 0.05) is 36.2 Å². The van der Waals surface area contributed by atoms with E-state index < -0.39 is 30.1 Å². The van der Waals surface area contributed by atoms with Crippen LogP contribution in [0.3, 0.4) is 0 Å². The molecule has 1 heterocycles. The molecule has 0 bridgehead atoms. The number of aliphatic hydroxyl groups excluding tert-OH is 2. The molecular weight excluding hydrogens is 580 g/mol. The number of aldehydes is 1. The van der Waals surface area contributed by atoms with Crippen molar-refractivity contribution in [3.63, 3.8) is 0 Å². The summed E-state index contributed by atoms with van der Waals surface area (Å²) in [6.07, 6.45) is 4.71. The lowest BCUT2D eigenvalue weighted by atomic mass is 9.77. The van der Waals surface area contributed by atoms with Gasteiger partial charge in [-0.2, -0.15) is 0 Å². The number of nitrogens with one attached hydrogen (secondary N) is 1. The van der Waals surface area contributed by atoms with Crippen LogP contribution in [0.1, 0.15) is 53.1 Å². The molecule has 11 heteroatoms. The number of fused-ring (bicyclic) bond motifs is 3. The van der Waals surface area contributed by atoms with Crippen molar-refractivity contribution in [3.8, 4) is 23.0 Å². The first-order valence-electron chi connectivity index (χ1n) is 15.1. The number of carbonyl (C=O) groups excluding carboxylic acids is 3. The van der Waals surface area contributed by atoms with E-state index in [1.807, 2.05) is 12.1 Å². The third-order valence-corrected chi connectivity index (χ3v) is 8.25. The molecule has 3 N–H and O–H groups in total. The minimum atomic E-state index is -1.23. The van der Waals surface area contributed by atoms with Crippen LogP contribution < -0.4 is 24.3 Å². The van der Waals surface area contributed by atoms with Gasteiger partial charge < -0.3 is 39.4 Å². The zero-order chi connectivity index (χ0) is 32.5. The van der Waals surface area contributed by atoms with Crippen molar-refractivity contribution in [2.24, 2.45) is 0 Å². The predicted octanol–water partition coefficient (Wildman–Crippen LogP) is 2.97. The number of benzene rings is 2. The molecule has 2 aliphatic rings. The molecule has 0 radical (unpaired) electrons. The lowest BCUT2D eigenvalue weighted by Gasteiger charge is -2.41. The zero-order valence-corrected chi connectivity index (χ0v) is 26.0. The molecule has 4 atom stereocenters. The SMILES string of the molecule is C=CCCCCC(=O)N(CCc1cc(OC)ccc1OC)C1C=C(C(=O)NCCO)C2c3cc(C=O)cc(OC)c3OC2C1O. The molecule has 0 fully saturated rings. The molecule has 242 valence electrons. The number of allylic oxidation sites excluding steroid dienone is 1. The number of aliphatic hydroxyl groups is 2. The van der Waals surface area contributed by atoms with Crippen LogP contribution in [0.25, 0.3) is 0 Å². The first-order chi connectivity index (χ1) is 21.8. The van der Waals surface area contributed by atoms with Gasteiger partial charge in [0.15, 0.2) is 11.5 Å². The molecule has 11 nitrogen and oxygen atoms in total. The fourth-order valence-electron chi connectivity index (χ4n) is 6.03. The molecule has 4 unspecified atom stereocenters. The largest absolute Gasteiger partial charge is 0.497 e. The molecule has 2 amide bonds. The van der Waals surface area contributed by atoms with E-state index in [9.17, 15) is 24.6 Å². The topological polar surface area (TPSA) is 144 Å². The Labute approximate surface area is 263 Å². The van der Waals surface area contributed by atoms with E-state index in [1.54, 1.807) is 43.4 Å². The van der Waals surface area contributed by atoms with Gasteiger partial charge in [-0.05, 0) is 67.7 Å². The summed E-state index contributed by atoms with van der Waals surface area (Å²) in [6, 6.07) is 7.65. The Morgan fingerprint density at radius 1 is 1.09 bits per heavy atom. The van der Waals surface area contributed by atoms with E-state index in [2.05, 4.69) is 11.9 Å². The third-order valence-electron chi connectivity index (χ3n) is 8.25. The Hall–Kier alpha value is -4.35. The second kappa shape index (κ2) is 15.6. The van der Waals surface area contributed by atoms with Crippen molar-refractivity contribution >= 4 is 18.1 Å². The first-order valence-corrected chi connectivity index (χ1v) is 15.1. The van der Waals surface area contributed by atoms with E-state index in [-0.39, 0.29) is 37.6 Å². The standard InChI is InChI=1S/C34H42N2O9/c1-5-6-7-8-9-29(39)36(14-12-22-18-23(42-2)10-11-27(22)43-3)26-19-25(34(41)35-13-15-37)30-24-16-21(20-38)17-28(44-4)32(24)45-33(30)31(26)40/h5,10-11,16-20,26,30-31,33,37,40H,1,6-9,12-15H2,2-4H3,(H,35,41). The summed E-state index contributed by atoms with van der Waals surface area (Å²) in [6.45, 7) is 3.69. The van der Waals surface area contributed by atoms with E-state index in [1.165, 1.54) is 13.2 Å². The number of ether oxygens (including phenoxy) is 4. The van der Waals surface area contributed by atoms with E-state index in [4.69, 9.17) is 18.9 Å². The Balaban J connectivity index is 1.76. The molecule has 0 saturated heterocycles. The van der Waals surface area contributed by atoms with Gasteiger partial charge in [0.1, 0.15) is 30.0 Å². The highest BCUT2D eigenvalue weighted by Gasteiger charge is 2.51. The molecular formula is C34H42N2O9. The molecule has 0 aromatic heterocycles. The molecule has 0 spiro atoms. The summed E-state index contributed by atoms with van der Waals surface area (Å²) in [5.74, 6) is 0.469. The monoisotopic (exact) mass is 622 g/mol. The van der Waals surface area contributed by atoms with Crippen LogP contribution in [-0.2, 0) is 16.0 Å². The minimum Gasteiger partial charge on any atom is -0.497 e. The molecule has 1 aliphatic heterocycles. The average Bonchev–Trinajstić information content (AvgIpc) is 3.46. The number of carbonyl (C=O) groups is 3. The van der Waals surface area contributed by atoms with Crippen molar-refractivity contribution < 1.29 is 43.5 Å². The van der Waals surface area contributed by atoms with Crippen LogP contribution in [-0.4, -0.2) is 92.5 Å². The van der Waals surface area contributed by atoms with Crippen molar-refractivity contribution in [1.29, 1.82) is 0 Å². The van der Waals surface area contributed by atoms with Gasteiger partial charge in [0.05, 0.1) is 39.9 Å². The summed E-state index contributed by atoms with van der Waals surface area (Å²) in [7, 11) is 4.58. The van der Waals surface area contributed by atoms with Gasteiger partial charge in [-0.25, -0.2) is 0 Å². The van der Waals surface area contributed by atoms with Crippen molar-refractivity contribution in [2.45, 2.75) is 56.3 Å². The van der Waals surface area contributed by atoms with Crippen LogP contribution in [0, 0.1) is 0 Å². The number of rotatable bonds is 16. The number of nitrogens with zero attached hydrogens (tertiary/aromatic N) is 1. The second-order valence-electron chi connectivity index (χ2n) is 11.0. The van der Waals surface area contributed by atoms with Gasteiger partial charge in [-0.1, -0.05) is 6.08 Å². The van der Waals surface area contributed by atoms with E-state index in [0.29, 0.717) is 53.3 Å². The quantitative estimate of drug-likeness (QED) is 0.146. The molecule has 0 saturated carbocycles. The second-order valence-corrected chi connectivity index (χ2v) is 11.0. The maximum atomic E-state index is 13.9. The summed E-state index contributed by atoms with van der Waals surface area (Å²) >= 11 is 0. The van der Waals surface area contributed by atoms with Crippen LogP contribution >= 0.6 is 0 Å². The van der Waals surface area contributed by atoms with Crippen molar-refractivity contribution in [1.82, 2.24) is 10.2 Å². The van der Waals surface area contributed by atoms with Crippen LogP contribution in [0.2, 0.25) is 0 Å². The fourth-order valence-corrected chi connectivity index (χ4v) is 6.03. The summed E-state index contributed by atoms with van der Waals surface area (Å²) in [4.78, 5) is 40.8. The highest BCUT2D eigenvalue weighted by molar-refractivity contribution is 5.96. The fraction of sp³-hybridized carbons (Fsp3) is 0.441. The maximum absolute atomic E-state index is 13.9. The highest BCUT2D eigenvalue weighted by atomic mass is 16.5.